The molecule has 0 aromatic heterocycles. The lowest BCUT2D eigenvalue weighted by atomic mass is 9.80. The van der Waals surface area contributed by atoms with E-state index in [2.05, 4.69) is 11.4 Å². The van der Waals surface area contributed by atoms with E-state index in [-0.39, 0.29) is 17.9 Å². The van der Waals surface area contributed by atoms with E-state index in [0.717, 1.165) is 25.3 Å². The van der Waals surface area contributed by atoms with Crippen molar-refractivity contribution in [3.05, 3.63) is 29.8 Å². The van der Waals surface area contributed by atoms with Crippen LogP contribution in [0.2, 0.25) is 0 Å². The number of benzene rings is 1. The van der Waals surface area contributed by atoms with Crippen molar-refractivity contribution in [1.82, 2.24) is 5.32 Å². The Kier molecular flexibility index (Phi) is 4.79. The lowest BCUT2D eigenvalue weighted by molar-refractivity contribution is 0.104. The SMILES string of the molecule is CC(C)NC1(C#N)CCCC(Oc2cccc(F)c2F)C1. The van der Waals surface area contributed by atoms with Gasteiger partial charge in [0.1, 0.15) is 11.6 Å². The van der Waals surface area contributed by atoms with Crippen LogP contribution in [0.3, 0.4) is 0 Å². The highest BCUT2D eigenvalue weighted by Gasteiger charge is 2.38. The van der Waals surface area contributed by atoms with Crippen LogP contribution >= 0.6 is 0 Å². The van der Waals surface area contributed by atoms with Gasteiger partial charge in [0.2, 0.25) is 5.82 Å². The first-order valence-electron chi connectivity index (χ1n) is 7.25. The van der Waals surface area contributed by atoms with E-state index in [9.17, 15) is 14.0 Å². The standard InChI is InChI=1S/C16H20F2N2O/c1-11(2)20-16(10-19)8-4-5-12(9-16)21-14-7-3-6-13(17)15(14)18/h3,6-7,11-12,20H,4-5,8-9H2,1-2H3. The molecule has 1 aromatic carbocycles. The van der Waals surface area contributed by atoms with Crippen LogP contribution in [0.15, 0.2) is 18.2 Å². The molecule has 1 saturated carbocycles. The Labute approximate surface area is 123 Å². The first kappa shape index (κ1) is 15.7. The molecule has 21 heavy (non-hydrogen) atoms. The Morgan fingerprint density at radius 2 is 2.19 bits per heavy atom. The summed E-state index contributed by atoms with van der Waals surface area (Å²) in [6.07, 6.45) is 2.47. The third kappa shape index (κ3) is 3.70. The molecule has 2 atom stereocenters. The van der Waals surface area contributed by atoms with Gasteiger partial charge >= 0.3 is 0 Å². The normalized spacial score (nSPS) is 25.6. The number of rotatable bonds is 4. The largest absolute Gasteiger partial charge is 0.487 e. The number of hydrogen-bond acceptors (Lipinski definition) is 3. The van der Waals surface area contributed by atoms with Crippen LogP contribution in [0.25, 0.3) is 0 Å². The Balaban J connectivity index is 2.11. The Hall–Kier alpha value is -1.67. The average molecular weight is 294 g/mol. The third-order valence-electron chi connectivity index (χ3n) is 3.69. The predicted octanol–water partition coefficient (Wildman–Crippen LogP) is 3.55. The Morgan fingerprint density at radius 3 is 2.86 bits per heavy atom. The van der Waals surface area contributed by atoms with Gasteiger partial charge in [-0.3, -0.25) is 5.32 Å². The highest BCUT2D eigenvalue weighted by Crippen LogP contribution is 2.32. The smallest absolute Gasteiger partial charge is 0.200 e. The number of halogens is 2. The molecule has 1 aliphatic rings. The summed E-state index contributed by atoms with van der Waals surface area (Å²) in [5.41, 5.74) is -0.652. The molecule has 1 fully saturated rings. The minimum Gasteiger partial charge on any atom is -0.487 e. The topological polar surface area (TPSA) is 45.0 Å². The van der Waals surface area contributed by atoms with Gasteiger partial charge in [0, 0.05) is 12.5 Å². The molecular formula is C16H20F2N2O. The molecule has 5 heteroatoms. The molecule has 0 heterocycles. The van der Waals surface area contributed by atoms with Crippen LogP contribution in [-0.4, -0.2) is 17.7 Å². The van der Waals surface area contributed by atoms with Crippen molar-refractivity contribution in [2.75, 3.05) is 0 Å². The van der Waals surface area contributed by atoms with E-state index in [0.29, 0.717) is 6.42 Å². The van der Waals surface area contributed by atoms with Crippen molar-refractivity contribution < 1.29 is 13.5 Å². The summed E-state index contributed by atoms with van der Waals surface area (Å²) < 4.78 is 32.5. The van der Waals surface area contributed by atoms with Gasteiger partial charge < -0.3 is 4.74 Å². The van der Waals surface area contributed by atoms with Crippen LogP contribution in [0.5, 0.6) is 5.75 Å². The highest BCUT2D eigenvalue weighted by molar-refractivity contribution is 5.25. The quantitative estimate of drug-likeness (QED) is 0.923. The van der Waals surface area contributed by atoms with E-state index in [1.807, 2.05) is 13.8 Å². The molecule has 0 amide bonds. The van der Waals surface area contributed by atoms with E-state index in [1.165, 1.54) is 12.1 Å². The van der Waals surface area contributed by atoms with Gasteiger partial charge in [-0.05, 0) is 45.2 Å². The van der Waals surface area contributed by atoms with Crippen LogP contribution in [0.1, 0.15) is 39.5 Å². The molecule has 2 rings (SSSR count). The summed E-state index contributed by atoms with van der Waals surface area (Å²) in [5, 5.41) is 12.7. The van der Waals surface area contributed by atoms with Crippen LogP contribution in [0.4, 0.5) is 8.78 Å². The summed E-state index contributed by atoms with van der Waals surface area (Å²) in [5.74, 6) is -1.98. The summed E-state index contributed by atoms with van der Waals surface area (Å²) in [6, 6.07) is 6.40. The number of nitrogens with one attached hydrogen (secondary N) is 1. The second kappa shape index (κ2) is 6.40. The molecule has 0 saturated heterocycles. The van der Waals surface area contributed by atoms with Gasteiger partial charge in [0.15, 0.2) is 11.6 Å². The number of hydrogen-bond donors (Lipinski definition) is 1. The molecule has 1 aliphatic carbocycles. The van der Waals surface area contributed by atoms with E-state index in [4.69, 9.17) is 4.74 Å². The molecule has 0 radical (unpaired) electrons. The fourth-order valence-electron chi connectivity index (χ4n) is 2.90. The zero-order chi connectivity index (χ0) is 15.5. The van der Waals surface area contributed by atoms with E-state index in [1.54, 1.807) is 0 Å². The molecular weight excluding hydrogens is 274 g/mol. The first-order chi connectivity index (χ1) is 9.96. The van der Waals surface area contributed by atoms with Crippen LogP contribution < -0.4 is 10.1 Å². The van der Waals surface area contributed by atoms with Crippen molar-refractivity contribution in [3.63, 3.8) is 0 Å². The van der Waals surface area contributed by atoms with Gasteiger partial charge in [-0.25, -0.2) is 4.39 Å². The van der Waals surface area contributed by atoms with Crippen molar-refractivity contribution in [2.24, 2.45) is 0 Å². The van der Waals surface area contributed by atoms with E-state index < -0.39 is 17.2 Å². The molecule has 0 bridgehead atoms. The lowest BCUT2D eigenvalue weighted by Crippen LogP contribution is -2.52. The molecule has 114 valence electrons. The van der Waals surface area contributed by atoms with Gasteiger partial charge in [-0.15, -0.1) is 0 Å². The maximum Gasteiger partial charge on any atom is 0.200 e. The summed E-state index contributed by atoms with van der Waals surface area (Å²) in [4.78, 5) is 0. The monoisotopic (exact) mass is 294 g/mol. The van der Waals surface area contributed by atoms with Crippen LogP contribution in [0, 0.1) is 23.0 Å². The Morgan fingerprint density at radius 1 is 1.43 bits per heavy atom. The van der Waals surface area contributed by atoms with Crippen molar-refractivity contribution in [1.29, 1.82) is 5.26 Å². The molecule has 1 N–H and O–H groups in total. The highest BCUT2D eigenvalue weighted by atomic mass is 19.2. The second-order valence-corrected chi connectivity index (χ2v) is 5.88. The molecule has 1 aromatic rings. The van der Waals surface area contributed by atoms with Gasteiger partial charge in [-0.2, -0.15) is 9.65 Å². The number of nitriles is 1. The maximum atomic E-state index is 13.7. The van der Waals surface area contributed by atoms with Gasteiger partial charge in [-0.1, -0.05) is 6.07 Å². The molecule has 2 unspecified atom stereocenters. The first-order valence-corrected chi connectivity index (χ1v) is 7.25. The average Bonchev–Trinajstić information content (AvgIpc) is 2.43. The molecule has 3 nitrogen and oxygen atoms in total. The zero-order valence-electron chi connectivity index (χ0n) is 12.3. The van der Waals surface area contributed by atoms with Crippen molar-refractivity contribution in [3.8, 4) is 11.8 Å². The fraction of sp³-hybridized carbons (Fsp3) is 0.562. The number of nitrogens with zero attached hydrogens (tertiary/aromatic N) is 1. The third-order valence-corrected chi connectivity index (χ3v) is 3.69. The van der Waals surface area contributed by atoms with Crippen LogP contribution in [-0.2, 0) is 0 Å². The number of ether oxygens (including phenoxy) is 1. The van der Waals surface area contributed by atoms with E-state index >= 15 is 0 Å². The maximum absolute atomic E-state index is 13.7. The van der Waals surface area contributed by atoms with Crippen molar-refractivity contribution in [2.45, 2.75) is 57.2 Å². The fourth-order valence-corrected chi connectivity index (χ4v) is 2.90. The summed E-state index contributed by atoms with van der Waals surface area (Å²) in [6.45, 7) is 3.96. The summed E-state index contributed by atoms with van der Waals surface area (Å²) >= 11 is 0. The van der Waals surface area contributed by atoms with Gasteiger partial charge in [0.25, 0.3) is 0 Å². The minimum absolute atomic E-state index is 0.0849. The van der Waals surface area contributed by atoms with Gasteiger partial charge in [0.05, 0.1) is 6.07 Å². The molecule has 0 spiro atoms. The minimum atomic E-state index is -0.970. The van der Waals surface area contributed by atoms with Crippen molar-refractivity contribution >= 4 is 0 Å². The summed E-state index contributed by atoms with van der Waals surface area (Å²) in [7, 11) is 0. The Bertz CT molecular complexity index is 542. The molecule has 0 aliphatic heterocycles. The zero-order valence-corrected chi connectivity index (χ0v) is 12.3. The predicted molar refractivity (Wildman–Crippen MR) is 75.9 cm³/mol. The lowest BCUT2D eigenvalue weighted by Gasteiger charge is -2.37. The second-order valence-electron chi connectivity index (χ2n) is 5.88.